The topological polar surface area (TPSA) is 63.4 Å². The predicted molar refractivity (Wildman–Crippen MR) is 68.2 cm³/mol. The maximum Gasteiger partial charge on any atom is 0.237 e. The van der Waals surface area contributed by atoms with Crippen molar-refractivity contribution in [3.05, 3.63) is 0 Å². The number of amides is 2. The van der Waals surface area contributed by atoms with Crippen LogP contribution in [0.3, 0.4) is 0 Å². The van der Waals surface area contributed by atoms with E-state index in [2.05, 4.69) is 15.9 Å². The molecule has 2 amide bonds. The van der Waals surface area contributed by atoms with Crippen molar-refractivity contribution in [2.24, 2.45) is 11.7 Å². The van der Waals surface area contributed by atoms with E-state index in [9.17, 15) is 9.59 Å². The fourth-order valence-electron chi connectivity index (χ4n) is 1.26. The molecule has 0 fully saturated rings. The summed E-state index contributed by atoms with van der Waals surface area (Å²) in [6, 6.07) is 0. The molecule has 0 aromatic carbocycles. The van der Waals surface area contributed by atoms with Gasteiger partial charge in [0, 0.05) is 6.54 Å². The molecule has 16 heavy (non-hydrogen) atoms. The van der Waals surface area contributed by atoms with E-state index in [0.717, 1.165) is 12.8 Å². The molecule has 94 valence electrons. The van der Waals surface area contributed by atoms with E-state index < -0.39 is 5.91 Å². The van der Waals surface area contributed by atoms with E-state index in [0.29, 0.717) is 6.54 Å². The van der Waals surface area contributed by atoms with Gasteiger partial charge in [-0.15, -0.1) is 0 Å². The Morgan fingerprint density at radius 3 is 2.31 bits per heavy atom. The first-order chi connectivity index (χ1) is 7.40. The quantitative estimate of drug-likeness (QED) is 0.723. The van der Waals surface area contributed by atoms with E-state index in [1.54, 1.807) is 0 Å². The molecule has 5 heteroatoms. The number of halogens is 1. The minimum Gasteiger partial charge on any atom is -0.368 e. The Morgan fingerprint density at radius 1 is 1.38 bits per heavy atom. The molecule has 0 saturated carbocycles. The third kappa shape index (κ3) is 5.49. The molecular weight excluding hydrogens is 272 g/mol. The maximum absolute atomic E-state index is 12.0. The SMILES string of the molecule is CCCCN(CC(N)=O)C(=O)C(Br)C(C)C. The van der Waals surface area contributed by atoms with Crippen LogP contribution >= 0.6 is 15.9 Å². The lowest BCUT2D eigenvalue weighted by Gasteiger charge is -2.25. The Labute approximate surface area is 106 Å². The Hall–Kier alpha value is -0.580. The van der Waals surface area contributed by atoms with Gasteiger partial charge < -0.3 is 10.6 Å². The highest BCUT2D eigenvalue weighted by molar-refractivity contribution is 9.10. The molecule has 0 rings (SSSR count). The summed E-state index contributed by atoms with van der Waals surface area (Å²) >= 11 is 3.35. The van der Waals surface area contributed by atoms with Crippen LogP contribution in [0.4, 0.5) is 0 Å². The van der Waals surface area contributed by atoms with Gasteiger partial charge in [-0.3, -0.25) is 9.59 Å². The normalized spacial score (nSPS) is 12.6. The number of hydrogen-bond acceptors (Lipinski definition) is 2. The number of nitrogens with two attached hydrogens (primary N) is 1. The minimum atomic E-state index is -0.465. The van der Waals surface area contributed by atoms with Crippen LogP contribution in [-0.4, -0.2) is 34.6 Å². The molecule has 0 spiro atoms. The number of primary amides is 1. The van der Waals surface area contributed by atoms with Gasteiger partial charge in [0.2, 0.25) is 11.8 Å². The highest BCUT2D eigenvalue weighted by Gasteiger charge is 2.25. The van der Waals surface area contributed by atoms with E-state index in [4.69, 9.17) is 5.73 Å². The van der Waals surface area contributed by atoms with E-state index >= 15 is 0 Å². The second-order valence-corrected chi connectivity index (χ2v) is 5.21. The van der Waals surface area contributed by atoms with Crippen molar-refractivity contribution in [2.45, 2.75) is 38.4 Å². The fourth-order valence-corrected chi connectivity index (χ4v) is 1.55. The molecule has 1 atom stereocenters. The molecule has 0 aromatic heterocycles. The highest BCUT2D eigenvalue weighted by atomic mass is 79.9. The van der Waals surface area contributed by atoms with Gasteiger partial charge in [-0.05, 0) is 12.3 Å². The summed E-state index contributed by atoms with van der Waals surface area (Å²) in [5.74, 6) is -0.320. The van der Waals surface area contributed by atoms with E-state index in [1.807, 2.05) is 20.8 Å². The van der Waals surface area contributed by atoms with Gasteiger partial charge in [0.05, 0.1) is 11.4 Å². The molecule has 1 unspecified atom stereocenters. The van der Waals surface area contributed by atoms with Crippen molar-refractivity contribution < 1.29 is 9.59 Å². The zero-order valence-electron chi connectivity index (χ0n) is 10.2. The predicted octanol–water partition coefficient (Wildman–Crippen LogP) is 1.52. The monoisotopic (exact) mass is 292 g/mol. The smallest absolute Gasteiger partial charge is 0.237 e. The second-order valence-electron chi connectivity index (χ2n) is 4.23. The number of alkyl halides is 1. The van der Waals surface area contributed by atoms with Crippen molar-refractivity contribution in [1.29, 1.82) is 0 Å². The summed E-state index contributed by atoms with van der Waals surface area (Å²) in [6.45, 7) is 6.56. The number of carbonyl (C=O) groups excluding carboxylic acids is 2. The summed E-state index contributed by atoms with van der Waals surface area (Å²) in [5.41, 5.74) is 5.13. The molecule has 0 bridgehead atoms. The molecule has 0 aliphatic carbocycles. The number of unbranched alkanes of at least 4 members (excludes halogenated alkanes) is 1. The molecule has 0 aliphatic rings. The molecular formula is C11H21BrN2O2. The number of carbonyl (C=O) groups is 2. The van der Waals surface area contributed by atoms with Gasteiger partial charge >= 0.3 is 0 Å². The van der Waals surface area contributed by atoms with Crippen molar-refractivity contribution in [2.75, 3.05) is 13.1 Å². The molecule has 0 aromatic rings. The summed E-state index contributed by atoms with van der Waals surface area (Å²) < 4.78 is 0. The summed E-state index contributed by atoms with van der Waals surface area (Å²) in [6.07, 6.45) is 1.87. The Morgan fingerprint density at radius 2 is 1.94 bits per heavy atom. The molecule has 0 saturated heterocycles. The molecule has 0 aliphatic heterocycles. The molecule has 4 nitrogen and oxygen atoms in total. The first-order valence-corrected chi connectivity index (χ1v) is 6.52. The Kier molecular flexibility index (Phi) is 7.38. The van der Waals surface area contributed by atoms with Gasteiger partial charge in [0.25, 0.3) is 0 Å². The Balaban J connectivity index is 4.48. The van der Waals surface area contributed by atoms with Crippen LogP contribution in [0, 0.1) is 5.92 Å². The lowest BCUT2D eigenvalue weighted by Crippen LogP contribution is -2.43. The van der Waals surface area contributed by atoms with Crippen LogP contribution in [0.5, 0.6) is 0 Å². The van der Waals surface area contributed by atoms with Crippen molar-refractivity contribution in [1.82, 2.24) is 4.90 Å². The summed E-state index contributed by atoms with van der Waals surface area (Å²) in [5, 5.41) is 0. The van der Waals surface area contributed by atoms with Crippen LogP contribution in [0.1, 0.15) is 33.6 Å². The van der Waals surface area contributed by atoms with Gasteiger partial charge in [-0.1, -0.05) is 43.1 Å². The van der Waals surface area contributed by atoms with Crippen molar-refractivity contribution >= 4 is 27.7 Å². The van der Waals surface area contributed by atoms with E-state index in [-0.39, 0.29) is 23.2 Å². The standard InChI is InChI=1S/C11H21BrN2O2/c1-4-5-6-14(7-9(13)15)11(16)10(12)8(2)3/h8,10H,4-7H2,1-3H3,(H2,13,15). The van der Waals surface area contributed by atoms with Gasteiger partial charge in [-0.2, -0.15) is 0 Å². The first kappa shape index (κ1) is 15.4. The lowest BCUT2D eigenvalue weighted by atomic mass is 10.1. The van der Waals surface area contributed by atoms with Crippen LogP contribution in [-0.2, 0) is 9.59 Å². The zero-order chi connectivity index (χ0) is 12.7. The van der Waals surface area contributed by atoms with Gasteiger partial charge in [0.15, 0.2) is 0 Å². The number of nitrogens with zero attached hydrogens (tertiary/aromatic N) is 1. The van der Waals surface area contributed by atoms with Crippen LogP contribution in [0.15, 0.2) is 0 Å². The average molecular weight is 293 g/mol. The van der Waals surface area contributed by atoms with Crippen LogP contribution < -0.4 is 5.73 Å². The first-order valence-electron chi connectivity index (χ1n) is 5.61. The van der Waals surface area contributed by atoms with Crippen LogP contribution in [0.25, 0.3) is 0 Å². The second kappa shape index (κ2) is 7.65. The van der Waals surface area contributed by atoms with E-state index in [1.165, 1.54) is 4.90 Å². The molecule has 0 heterocycles. The zero-order valence-corrected chi connectivity index (χ0v) is 11.8. The van der Waals surface area contributed by atoms with Gasteiger partial charge in [0.1, 0.15) is 0 Å². The third-order valence-electron chi connectivity index (χ3n) is 2.26. The Bertz CT molecular complexity index is 244. The molecule has 0 radical (unpaired) electrons. The fraction of sp³-hybridized carbons (Fsp3) is 0.818. The third-order valence-corrected chi connectivity index (χ3v) is 3.71. The maximum atomic E-state index is 12.0. The number of hydrogen-bond donors (Lipinski definition) is 1. The minimum absolute atomic E-state index is 0.00759. The summed E-state index contributed by atoms with van der Waals surface area (Å²) in [4.78, 5) is 24.2. The number of rotatable bonds is 7. The lowest BCUT2D eigenvalue weighted by molar-refractivity contribution is -0.135. The molecule has 2 N–H and O–H groups in total. The highest BCUT2D eigenvalue weighted by Crippen LogP contribution is 2.15. The van der Waals surface area contributed by atoms with Gasteiger partial charge in [-0.25, -0.2) is 0 Å². The van der Waals surface area contributed by atoms with Crippen molar-refractivity contribution in [3.8, 4) is 0 Å². The summed E-state index contributed by atoms with van der Waals surface area (Å²) in [7, 11) is 0. The average Bonchev–Trinajstić information content (AvgIpc) is 2.21. The van der Waals surface area contributed by atoms with Crippen molar-refractivity contribution in [3.63, 3.8) is 0 Å². The largest absolute Gasteiger partial charge is 0.368 e. The van der Waals surface area contributed by atoms with Crippen LogP contribution in [0.2, 0.25) is 0 Å².